The number of methoxy groups -OCH3 is 2. The molecule has 31 heavy (non-hydrogen) atoms. The number of carbonyl (C=O) groups excluding carboxylic acids is 2. The van der Waals surface area contributed by atoms with Crippen molar-refractivity contribution in [2.45, 2.75) is 19.8 Å². The minimum atomic E-state index is -0.357. The average Bonchev–Trinajstić information content (AvgIpc) is 3.03. The van der Waals surface area contributed by atoms with Crippen LogP contribution in [0.4, 0.5) is 5.69 Å². The first-order valence-corrected chi connectivity index (χ1v) is 10.7. The first-order valence-electron chi connectivity index (χ1n) is 10.3. The topological polar surface area (TPSA) is 59.1 Å². The van der Waals surface area contributed by atoms with Crippen molar-refractivity contribution in [3.8, 4) is 11.5 Å². The second-order valence-corrected chi connectivity index (χ2v) is 8.32. The lowest BCUT2D eigenvalue weighted by Gasteiger charge is -2.33. The van der Waals surface area contributed by atoms with Gasteiger partial charge >= 0.3 is 0 Å². The molecular formula is C24H25ClN2O4. The largest absolute Gasteiger partial charge is 0.497 e. The molecule has 4 rings (SSSR count). The first kappa shape index (κ1) is 21.2. The number of hydrogen-bond donors (Lipinski definition) is 0. The van der Waals surface area contributed by atoms with Gasteiger partial charge in [0.05, 0.1) is 30.5 Å². The van der Waals surface area contributed by atoms with E-state index in [1.807, 2.05) is 12.1 Å². The van der Waals surface area contributed by atoms with Crippen molar-refractivity contribution in [1.29, 1.82) is 0 Å². The van der Waals surface area contributed by atoms with Crippen LogP contribution in [-0.4, -0.2) is 44.0 Å². The number of piperidine rings is 1. The van der Waals surface area contributed by atoms with Gasteiger partial charge in [-0.15, -0.1) is 0 Å². The highest BCUT2D eigenvalue weighted by molar-refractivity contribution is 6.45. The van der Waals surface area contributed by atoms with Crippen molar-refractivity contribution in [3.05, 3.63) is 58.7 Å². The van der Waals surface area contributed by atoms with Crippen LogP contribution in [0.15, 0.2) is 48.2 Å². The standard InChI is InChI=1S/C24H25ClN2O4/c1-15-5-4-12-26(14-15)22-21(16-6-9-18(30-2)10-7-16)23(28)27(24(22)29)17-8-11-20(31-3)19(25)13-17/h6-11,13,15H,4-5,12,14H2,1-3H3. The summed E-state index contributed by atoms with van der Waals surface area (Å²) < 4.78 is 10.5. The smallest absolute Gasteiger partial charge is 0.282 e. The third-order valence-electron chi connectivity index (χ3n) is 5.80. The van der Waals surface area contributed by atoms with Crippen LogP contribution >= 0.6 is 11.6 Å². The summed E-state index contributed by atoms with van der Waals surface area (Å²) >= 11 is 6.28. The number of ether oxygens (including phenoxy) is 2. The van der Waals surface area contributed by atoms with Crippen LogP contribution in [0, 0.1) is 5.92 Å². The molecule has 2 aromatic rings. The van der Waals surface area contributed by atoms with Crippen molar-refractivity contribution in [2.24, 2.45) is 5.92 Å². The van der Waals surface area contributed by atoms with E-state index in [-0.39, 0.29) is 11.8 Å². The third-order valence-corrected chi connectivity index (χ3v) is 6.10. The number of anilines is 1. The van der Waals surface area contributed by atoms with Gasteiger partial charge in [0.25, 0.3) is 11.8 Å². The molecule has 0 bridgehead atoms. The summed E-state index contributed by atoms with van der Waals surface area (Å²) in [6, 6.07) is 12.1. The number of hydrogen-bond acceptors (Lipinski definition) is 5. The Labute approximate surface area is 187 Å². The number of nitrogens with zero attached hydrogens (tertiary/aromatic N) is 2. The van der Waals surface area contributed by atoms with Gasteiger partial charge < -0.3 is 14.4 Å². The van der Waals surface area contributed by atoms with Crippen molar-refractivity contribution >= 4 is 34.7 Å². The van der Waals surface area contributed by atoms with Gasteiger partial charge in [-0.05, 0) is 54.7 Å². The van der Waals surface area contributed by atoms with Crippen LogP contribution in [0.1, 0.15) is 25.3 Å². The molecule has 2 aliphatic heterocycles. The van der Waals surface area contributed by atoms with Crippen molar-refractivity contribution in [3.63, 3.8) is 0 Å². The molecule has 162 valence electrons. The van der Waals surface area contributed by atoms with E-state index in [0.717, 1.165) is 25.9 Å². The predicted molar refractivity (Wildman–Crippen MR) is 120 cm³/mol. The van der Waals surface area contributed by atoms with Crippen LogP contribution in [0.25, 0.3) is 5.57 Å². The Morgan fingerprint density at radius 2 is 1.74 bits per heavy atom. The summed E-state index contributed by atoms with van der Waals surface area (Å²) in [5.41, 5.74) is 1.98. The Morgan fingerprint density at radius 3 is 2.35 bits per heavy atom. The fourth-order valence-electron chi connectivity index (χ4n) is 4.25. The van der Waals surface area contributed by atoms with E-state index in [1.54, 1.807) is 37.4 Å². The molecule has 1 saturated heterocycles. The van der Waals surface area contributed by atoms with E-state index >= 15 is 0 Å². The fraction of sp³-hybridized carbons (Fsp3) is 0.333. The molecule has 2 aromatic carbocycles. The second-order valence-electron chi connectivity index (χ2n) is 7.91. The number of benzene rings is 2. The molecule has 2 heterocycles. The minimum Gasteiger partial charge on any atom is -0.497 e. The van der Waals surface area contributed by atoms with Gasteiger partial charge in [-0.25, -0.2) is 4.90 Å². The number of imide groups is 1. The van der Waals surface area contributed by atoms with Crippen LogP contribution in [0.3, 0.4) is 0 Å². The van der Waals surface area contributed by atoms with Gasteiger partial charge in [-0.2, -0.15) is 0 Å². The SMILES string of the molecule is COc1ccc(C2=C(N3CCCC(C)C3)C(=O)N(c3ccc(OC)c(Cl)c3)C2=O)cc1. The van der Waals surface area contributed by atoms with E-state index in [1.165, 1.54) is 12.0 Å². The van der Waals surface area contributed by atoms with Crippen molar-refractivity contribution in [2.75, 3.05) is 32.2 Å². The van der Waals surface area contributed by atoms with E-state index in [0.29, 0.717) is 45.0 Å². The highest BCUT2D eigenvalue weighted by Gasteiger charge is 2.43. The van der Waals surface area contributed by atoms with E-state index in [9.17, 15) is 9.59 Å². The lowest BCUT2D eigenvalue weighted by Crippen LogP contribution is -2.39. The van der Waals surface area contributed by atoms with E-state index in [2.05, 4.69) is 11.8 Å². The van der Waals surface area contributed by atoms with Gasteiger partial charge in [0, 0.05) is 13.1 Å². The molecule has 0 saturated carbocycles. The Morgan fingerprint density at radius 1 is 1.00 bits per heavy atom. The maximum Gasteiger partial charge on any atom is 0.282 e. The Kier molecular flexibility index (Phi) is 5.92. The highest BCUT2D eigenvalue weighted by Crippen LogP contribution is 2.38. The summed E-state index contributed by atoms with van der Waals surface area (Å²) in [6.07, 6.45) is 2.10. The Hall–Kier alpha value is -2.99. The number of likely N-dealkylation sites (tertiary alicyclic amines) is 1. The highest BCUT2D eigenvalue weighted by atomic mass is 35.5. The van der Waals surface area contributed by atoms with Crippen molar-refractivity contribution in [1.82, 2.24) is 4.90 Å². The zero-order valence-corrected chi connectivity index (χ0v) is 18.6. The number of rotatable bonds is 5. The van der Waals surface area contributed by atoms with E-state index < -0.39 is 0 Å². The normalized spacial score (nSPS) is 19.3. The van der Waals surface area contributed by atoms with Crippen LogP contribution in [-0.2, 0) is 9.59 Å². The molecule has 2 amide bonds. The molecular weight excluding hydrogens is 416 g/mol. The number of halogens is 1. The zero-order valence-electron chi connectivity index (χ0n) is 17.9. The predicted octanol–water partition coefficient (Wildman–Crippen LogP) is 4.37. The molecule has 0 N–H and O–H groups in total. The number of amides is 2. The lowest BCUT2D eigenvalue weighted by molar-refractivity contribution is -0.120. The summed E-state index contributed by atoms with van der Waals surface area (Å²) in [5, 5.41) is 0.339. The fourth-order valence-corrected chi connectivity index (χ4v) is 4.50. The molecule has 1 unspecified atom stereocenters. The molecule has 0 aliphatic carbocycles. The molecule has 1 fully saturated rings. The monoisotopic (exact) mass is 440 g/mol. The van der Waals surface area contributed by atoms with Gasteiger partial charge in [0.15, 0.2) is 0 Å². The minimum absolute atomic E-state index is 0.328. The average molecular weight is 441 g/mol. The second kappa shape index (κ2) is 8.63. The molecule has 1 atom stereocenters. The molecule has 0 aromatic heterocycles. The quantitative estimate of drug-likeness (QED) is 0.646. The summed E-state index contributed by atoms with van der Waals surface area (Å²) in [5.74, 6) is 0.938. The van der Waals surface area contributed by atoms with Crippen molar-refractivity contribution < 1.29 is 19.1 Å². The summed E-state index contributed by atoms with van der Waals surface area (Å²) in [7, 11) is 3.11. The Bertz CT molecular complexity index is 1050. The molecule has 0 spiro atoms. The number of carbonyl (C=O) groups is 2. The van der Waals surface area contributed by atoms with Gasteiger partial charge in [0.1, 0.15) is 17.2 Å². The summed E-state index contributed by atoms with van der Waals surface area (Å²) in [4.78, 5) is 30.5. The maximum atomic E-state index is 13.6. The van der Waals surface area contributed by atoms with Gasteiger partial charge in [-0.1, -0.05) is 30.7 Å². The van der Waals surface area contributed by atoms with Crippen LogP contribution < -0.4 is 14.4 Å². The van der Waals surface area contributed by atoms with Gasteiger partial charge in [-0.3, -0.25) is 9.59 Å². The lowest BCUT2D eigenvalue weighted by atomic mass is 9.98. The summed E-state index contributed by atoms with van der Waals surface area (Å²) in [6.45, 7) is 3.66. The third kappa shape index (κ3) is 3.88. The van der Waals surface area contributed by atoms with Gasteiger partial charge in [0.2, 0.25) is 0 Å². The molecule has 0 radical (unpaired) electrons. The first-order chi connectivity index (χ1) is 14.9. The zero-order chi connectivity index (χ0) is 22.1. The van der Waals surface area contributed by atoms with Crippen LogP contribution in [0.5, 0.6) is 11.5 Å². The molecule has 2 aliphatic rings. The maximum absolute atomic E-state index is 13.6. The van der Waals surface area contributed by atoms with E-state index in [4.69, 9.17) is 21.1 Å². The molecule has 6 nitrogen and oxygen atoms in total. The van der Waals surface area contributed by atoms with Crippen LogP contribution in [0.2, 0.25) is 5.02 Å². The molecule has 7 heteroatoms. The Balaban J connectivity index is 1.80.